The molecule has 1 aromatic carbocycles. The Kier molecular flexibility index (Phi) is 6.52. The van der Waals surface area contributed by atoms with Gasteiger partial charge in [0, 0.05) is 13.1 Å². The average Bonchev–Trinajstić information content (AvgIpc) is 3.13. The van der Waals surface area contributed by atoms with E-state index >= 15 is 0 Å². The third-order valence-electron chi connectivity index (χ3n) is 4.27. The van der Waals surface area contributed by atoms with Crippen LogP contribution in [0.5, 0.6) is 0 Å². The summed E-state index contributed by atoms with van der Waals surface area (Å²) in [6.45, 7) is 4.97. The van der Waals surface area contributed by atoms with Gasteiger partial charge in [-0.3, -0.25) is 14.4 Å². The van der Waals surface area contributed by atoms with Crippen molar-refractivity contribution in [2.45, 2.75) is 32.7 Å². The number of para-hydroxylation sites is 1. The standard InChI is InChI=1S/C18H26N4O3/c1-12(2)16(19)17(24)20-11-15(23)21-14-8-4-3-7-13(14)18(25)22-9-5-6-10-22/h3-4,7-8,12,16H,5-6,9-11,19H2,1-2H3,(H,20,24)(H,21,23)/t16-/m0/s1. The molecule has 25 heavy (non-hydrogen) atoms. The first-order chi connectivity index (χ1) is 11.9. The third kappa shape index (κ3) is 5.03. The molecule has 7 nitrogen and oxygen atoms in total. The van der Waals surface area contributed by atoms with Crippen LogP contribution in [0.3, 0.4) is 0 Å². The monoisotopic (exact) mass is 346 g/mol. The maximum atomic E-state index is 12.6. The molecule has 1 fully saturated rings. The van der Waals surface area contributed by atoms with Crippen molar-refractivity contribution in [3.8, 4) is 0 Å². The number of nitrogens with two attached hydrogens (primary N) is 1. The van der Waals surface area contributed by atoms with Crippen LogP contribution in [0, 0.1) is 5.92 Å². The molecule has 1 aliphatic rings. The quantitative estimate of drug-likeness (QED) is 0.713. The van der Waals surface area contributed by atoms with Gasteiger partial charge >= 0.3 is 0 Å². The third-order valence-corrected chi connectivity index (χ3v) is 4.27. The van der Waals surface area contributed by atoms with Gasteiger partial charge in [0.2, 0.25) is 11.8 Å². The van der Waals surface area contributed by atoms with E-state index in [-0.39, 0.29) is 24.3 Å². The van der Waals surface area contributed by atoms with Crippen LogP contribution >= 0.6 is 0 Å². The van der Waals surface area contributed by atoms with Crippen LogP contribution in [0.25, 0.3) is 0 Å². The van der Waals surface area contributed by atoms with E-state index in [1.807, 2.05) is 13.8 Å². The summed E-state index contributed by atoms with van der Waals surface area (Å²) in [5, 5.41) is 5.21. The summed E-state index contributed by atoms with van der Waals surface area (Å²) in [6, 6.07) is 6.25. The molecule has 3 amide bonds. The van der Waals surface area contributed by atoms with Crippen molar-refractivity contribution in [3.63, 3.8) is 0 Å². The number of hydrogen-bond donors (Lipinski definition) is 3. The molecule has 1 heterocycles. The zero-order chi connectivity index (χ0) is 18.4. The fourth-order valence-corrected chi connectivity index (χ4v) is 2.65. The first-order valence-electron chi connectivity index (χ1n) is 8.61. The van der Waals surface area contributed by atoms with Crippen molar-refractivity contribution < 1.29 is 14.4 Å². The molecule has 0 saturated carbocycles. The van der Waals surface area contributed by atoms with Gasteiger partial charge in [0.25, 0.3) is 5.91 Å². The van der Waals surface area contributed by atoms with Crippen molar-refractivity contribution in [1.29, 1.82) is 0 Å². The predicted molar refractivity (Wildman–Crippen MR) is 96.0 cm³/mol. The van der Waals surface area contributed by atoms with E-state index in [9.17, 15) is 14.4 Å². The van der Waals surface area contributed by atoms with Gasteiger partial charge in [-0.2, -0.15) is 0 Å². The fraction of sp³-hybridized carbons (Fsp3) is 0.500. The highest BCUT2D eigenvalue weighted by Gasteiger charge is 2.22. The highest BCUT2D eigenvalue weighted by atomic mass is 16.2. The van der Waals surface area contributed by atoms with E-state index in [1.165, 1.54) is 0 Å². The molecule has 0 aliphatic carbocycles. The van der Waals surface area contributed by atoms with Gasteiger partial charge in [0.05, 0.1) is 23.8 Å². The topological polar surface area (TPSA) is 105 Å². The lowest BCUT2D eigenvalue weighted by Crippen LogP contribution is -2.46. The van der Waals surface area contributed by atoms with Gasteiger partial charge in [-0.1, -0.05) is 26.0 Å². The molecule has 0 radical (unpaired) electrons. The number of nitrogens with one attached hydrogen (secondary N) is 2. The number of carbonyl (C=O) groups excluding carboxylic acids is 3. The first kappa shape index (κ1) is 18.9. The van der Waals surface area contributed by atoms with Crippen molar-refractivity contribution in [2.75, 3.05) is 25.0 Å². The number of anilines is 1. The van der Waals surface area contributed by atoms with Gasteiger partial charge in [-0.15, -0.1) is 0 Å². The van der Waals surface area contributed by atoms with Crippen LogP contribution in [0.1, 0.15) is 37.0 Å². The molecule has 0 unspecified atom stereocenters. The maximum Gasteiger partial charge on any atom is 0.255 e. The van der Waals surface area contributed by atoms with Crippen LogP contribution in [0.2, 0.25) is 0 Å². The Morgan fingerprint density at radius 1 is 1.16 bits per heavy atom. The lowest BCUT2D eigenvalue weighted by Gasteiger charge is -2.18. The summed E-state index contributed by atoms with van der Waals surface area (Å²) in [5.74, 6) is -0.862. The molecule has 1 atom stereocenters. The molecule has 136 valence electrons. The Morgan fingerprint density at radius 2 is 1.80 bits per heavy atom. The van der Waals surface area contributed by atoms with Crippen molar-refractivity contribution in [3.05, 3.63) is 29.8 Å². The molecule has 1 aliphatic heterocycles. The van der Waals surface area contributed by atoms with Crippen LogP contribution in [0.4, 0.5) is 5.69 Å². The Bertz CT molecular complexity index is 639. The lowest BCUT2D eigenvalue weighted by molar-refractivity contribution is -0.125. The van der Waals surface area contributed by atoms with Gasteiger partial charge in [0.15, 0.2) is 0 Å². The molecule has 4 N–H and O–H groups in total. The summed E-state index contributed by atoms with van der Waals surface area (Å²) in [4.78, 5) is 38.3. The second-order valence-electron chi connectivity index (χ2n) is 6.58. The number of rotatable bonds is 6. The molecular formula is C18H26N4O3. The molecule has 0 aromatic heterocycles. The van der Waals surface area contributed by atoms with Crippen LogP contribution in [-0.4, -0.2) is 48.3 Å². The van der Waals surface area contributed by atoms with E-state index in [0.29, 0.717) is 11.3 Å². The maximum absolute atomic E-state index is 12.6. The molecule has 0 spiro atoms. The van der Waals surface area contributed by atoms with E-state index in [4.69, 9.17) is 5.73 Å². The zero-order valence-electron chi connectivity index (χ0n) is 14.7. The van der Waals surface area contributed by atoms with Crippen LogP contribution in [-0.2, 0) is 9.59 Å². The normalized spacial score (nSPS) is 15.1. The molecule has 1 aromatic rings. The van der Waals surface area contributed by atoms with E-state index < -0.39 is 11.9 Å². The number of benzene rings is 1. The second kappa shape index (κ2) is 8.62. The Hall–Kier alpha value is -2.41. The Morgan fingerprint density at radius 3 is 2.44 bits per heavy atom. The SMILES string of the molecule is CC(C)[C@H](N)C(=O)NCC(=O)Nc1ccccc1C(=O)N1CCCC1. The van der Waals surface area contributed by atoms with Crippen molar-refractivity contribution in [2.24, 2.45) is 11.7 Å². The number of carbonyl (C=O) groups is 3. The highest BCUT2D eigenvalue weighted by molar-refractivity contribution is 6.04. The molecule has 7 heteroatoms. The number of nitrogens with zero attached hydrogens (tertiary/aromatic N) is 1. The minimum atomic E-state index is -0.656. The van der Waals surface area contributed by atoms with E-state index in [2.05, 4.69) is 10.6 Å². The first-order valence-corrected chi connectivity index (χ1v) is 8.61. The van der Waals surface area contributed by atoms with Gasteiger partial charge in [0.1, 0.15) is 0 Å². The minimum absolute atomic E-state index is 0.0122. The van der Waals surface area contributed by atoms with Gasteiger partial charge < -0.3 is 21.3 Å². The zero-order valence-corrected chi connectivity index (χ0v) is 14.7. The predicted octanol–water partition coefficient (Wildman–Crippen LogP) is 0.961. The summed E-state index contributed by atoms with van der Waals surface area (Å²) >= 11 is 0. The summed E-state index contributed by atoms with van der Waals surface area (Å²) in [7, 11) is 0. The largest absolute Gasteiger partial charge is 0.346 e. The van der Waals surface area contributed by atoms with Crippen molar-refractivity contribution in [1.82, 2.24) is 10.2 Å². The Balaban J connectivity index is 1.97. The van der Waals surface area contributed by atoms with E-state index in [0.717, 1.165) is 25.9 Å². The molecule has 1 saturated heterocycles. The van der Waals surface area contributed by atoms with Gasteiger partial charge in [-0.05, 0) is 30.9 Å². The minimum Gasteiger partial charge on any atom is -0.346 e. The molecule has 2 rings (SSSR count). The van der Waals surface area contributed by atoms with Crippen LogP contribution in [0.15, 0.2) is 24.3 Å². The second-order valence-corrected chi connectivity index (χ2v) is 6.58. The average molecular weight is 346 g/mol. The summed E-state index contributed by atoms with van der Waals surface area (Å²) in [5.41, 5.74) is 6.65. The number of amides is 3. The van der Waals surface area contributed by atoms with Crippen LogP contribution < -0.4 is 16.4 Å². The smallest absolute Gasteiger partial charge is 0.255 e. The Labute approximate surface area is 147 Å². The number of hydrogen-bond acceptors (Lipinski definition) is 4. The summed E-state index contributed by atoms with van der Waals surface area (Å²) in [6.07, 6.45) is 2.00. The molecular weight excluding hydrogens is 320 g/mol. The number of likely N-dealkylation sites (tertiary alicyclic amines) is 1. The molecule has 0 bridgehead atoms. The highest BCUT2D eigenvalue weighted by Crippen LogP contribution is 2.20. The fourth-order valence-electron chi connectivity index (χ4n) is 2.65. The van der Waals surface area contributed by atoms with Crippen molar-refractivity contribution >= 4 is 23.4 Å². The lowest BCUT2D eigenvalue weighted by atomic mass is 10.1. The summed E-state index contributed by atoms with van der Waals surface area (Å²) < 4.78 is 0. The van der Waals surface area contributed by atoms with E-state index in [1.54, 1.807) is 29.2 Å². The van der Waals surface area contributed by atoms with Gasteiger partial charge in [-0.25, -0.2) is 0 Å².